The highest BCUT2D eigenvalue weighted by atomic mass is 35.5. The fraction of sp³-hybridized carbons (Fsp3) is 0.462. The van der Waals surface area contributed by atoms with Crippen molar-refractivity contribution in [2.75, 3.05) is 33.9 Å². The third-order valence-corrected chi connectivity index (χ3v) is 5.25. The van der Waals surface area contributed by atoms with E-state index < -0.39 is 16.0 Å². The van der Waals surface area contributed by atoms with Crippen molar-refractivity contribution < 1.29 is 27.8 Å². The van der Waals surface area contributed by atoms with Gasteiger partial charge in [0, 0.05) is 20.7 Å². The Morgan fingerprint density at radius 2 is 1.83 bits per heavy atom. The molecule has 0 aliphatic heterocycles. The molecule has 0 radical (unpaired) electrons. The number of carboxylic acid groups (broad SMARTS) is 1. The molecule has 0 amide bonds. The average molecular weight is 386 g/mol. The molecule has 0 aliphatic rings. The van der Waals surface area contributed by atoms with E-state index in [9.17, 15) is 13.2 Å². The highest BCUT2D eigenvalue weighted by Crippen LogP contribution is 2.36. The van der Waals surface area contributed by atoms with Crippen LogP contribution < -0.4 is 4.74 Å². The number of halogens is 2. The van der Waals surface area contributed by atoms with Crippen molar-refractivity contribution in [1.82, 2.24) is 4.31 Å². The van der Waals surface area contributed by atoms with Gasteiger partial charge in [-0.2, -0.15) is 0 Å². The normalized spacial score (nSPS) is 11.7. The van der Waals surface area contributed by atoms with Crippen LogP contribution in [-0.2, 0) is 19.6 Å². The van der Waals surface area contributed by atoms with Crippen LogP contribution in [0.15, 0.2) is 17.0 Å². The van der Waals surface area contributed by atoms with Gasteiger partial charge >= 0.3 is 5.97 Å². The Morgan fingerprint density at radius 3 is 2.30 bits per heavy atom. The van der Waals surface area contributed by atoms with Crippen LogP contribution in [0.4, 0.5) is 0 Å². The van der Waals surface area contributed by atoms with Gasteiger partial charge in [-0.05, 0) is 12.1 Å². The van der Waals surface area contributed by atoms with Crippen molar-refractivity contribution in [3.05, 3.63) is 22.2 Å². The molecule has 0 aromatic heterocycles. The third kappa shape index (κ3) is 5.50. The van der Waals surface area contributed by atoms with Gasteiger partial charge in [0.1, 0.15) is 6.61 Å². The maximum Gasteiger partial charge on any atom is 0.304 e. The monoisotopic (exact) mass is 385 g/mol. The minimum atomic E-state index is -3.90. The molecular formula is C13H17Cl2NO6S. The maximum absolute atomic E-state index is 12.4. The van der Waals surface area contributed by atoms with Crippen LogP contribution in [-0.4, -0.2) is 57.7 Å². The predicted octanol–water partition coefficient (Wildman–Crippen LogP) is 2.11. The average Bonchev–Trinajstić information content (AvgIpc) is 2.47. The topological polar surface area (TPSA) is 93.1 Å². The van der Waals surface area contributed by atoms with Gasteiger partial charge in [-0.1, -0.05) is 23.2 Å². The number of carboxylic acids is 1. The van der Waals surface area contributed by atoms with Crippen LogP contribution in [0.3, 0.4) is 0 Å². The van der Waals surface area contributed by atoms with Gasteiger partial charge in [-0.25, -0.2) is 12.7 Å². The molecule has 1 aromatic carbocycles. The molecule has 130 valence electrons. The van der Waals surface area contributed by atoms with E-state index in [1.807, 2.05) is 0 Å². The van der Waals surface area contributed by atoms with Crippen molar-refractivity contribution >= 4 is 39.2 Å². The fourth-order valence-electron chi connectivity index (χ4n) is 1.60. The van der Waals surface area contributed by atoms with Gasteiger partial charge in [-0.3, -0.25) is 4.79 Å². The standard InChI is InChI=1S/C13H17Cl2NO6S/c1-16(4-3-12(17)18)23(19,20)9-7-10(14)13(11(15)8-9)22-6-5-21-2/h7-8H,3-6H2,1-2H3,(H,17,18). The number of methoxy groups -OCH3 is 1. The molecule has 1 N–H and O–H groups in total. The Bertz CT molecular complexity index is 641. The lowest BCUT2D eigenvalue weighted by Gasteiger charge is -2.17. The second kappa shape index (κ2) is 8.70. The van der Waals surface area contributed by atoms with E-state index in [0.29, 0.717) is 6.61 Å². The zero-order valence-corrected chi connectivity index (χ0v) is 14.9. The predicted molar refractivity (Wildman–Crippen MR) is 85.9 cm³/mol. The summed E-state index contributed by atoms with van der Waals surface area (Å²) in [6, 6.07) is 2.42. The summed E-state index contributed by atoms with van der Waals surface area (Å²) in [5, 5.41) is 8.72. The Labute approximate surface area is 144 Å². The van der Waals surface area contributed by atoms with E-state index in [-0.39, 0.29) is 40.3 Å². The molecule has 0 bridgehead atoms. The van der Waals surface area contributed by atoms with Crippen LogP contribution in [0.5, 0.6) is 5.75 Å². The molecule has 0 unspecified atom stereocenters. The maximum atomic E-state index is 12.4. The SMILES string of the molecule is COCCOc1c(Cl)cc(S(=O)(=O)N(C)CCC(=O)O)cc1Cl. The largest absolute Gasteiger partial charge is 0.488 e. The summed E-state index contributed by atoms with van der Waals surface area (Å²) in [7, 11) is -1.11. The first kappa shape index (κ1) is 20.0. The number of sulfonamides is 1. The first-order chi connectivity index (χ1) is 10.7. The highest BCUT2D eigenvalue weighted by Gasteiger charge is 2.24. The van der Waals surface area contributed by atoms with E-state index >= 15 is 0 Å². The molecule has 0 aliphatic carbocycles. The van der Waals surface area contributed by atoms with Gasteiger partial charge in [0.15, 0.2) is 5.75 Å². The van der Waals surface area contributed by atoms with Crippen LogP contribution in [0.25, 0.3) is 0 Å². The lowest BCUT2D eigenvalue weighted by molar-refractivity contribution is -0.137. The molecule has 0 atom stereocenters. The van der Waals surface area contributed by atoms with E-state index in [4.69, 9.17) is 37.8 Å². The molecule has 0 saturated heterocycles. The molecule has 0 spiro atoms. The number of hydrogen-bond donors (Lipinski definition) is 1. The number of ether oxygens (including phenoxy) is 2. The lowest BCUT2D eigenvalue weighted by atomic mass is 10.3. The van der Waals surface area contributed by atoms with Crippen molar-refractivity contribution in [3.63, 3.8) is 0 Å². The summed E-state index contributed by atoms with van der Waals surface area (Å²) in [5.41, 5.74) is 0. The van der Waals surface area contributed by atoms with Crippen LogP contribution in [0.2, 0.25) is 10.0 Å². The van der Waals surface area contributed by atoms with Crippen LogP contribution in [0.1, 0.15) is 6.42 Å². The first-order valence-corrected chi connectivity index (χ1v) is 8.68. The molecule has 1 rings (SSSR count). The summed E-state index contributed by atoms with van der Waals surface area (Å²) in [6.45, 7) is 0.365. The number of rotatable bonds is 9. The van der Waals surface area contributed by atoms with Gasteiger partial charge in [0.05, 0.1) is 28.0 Å². The second-order valence-electron chi connectivity index (χ2n) is 4.53. The Hall–Kier alpha value is -1.06. The molecular weight excluding hydrogens is 369 g/mol. The van der Waals surface area contributed by atoms with E-state index in [1.165, 1.54) is 26.3 Å². The van der Waals surface area contributed by atoms with Crippen molar-refractivity contribution in [1.29, 1.82) is 0 Å². The number of benzene rings is 1. The summed E-state index contributed by atoms with van der Waals surface area (Å²) in [5.74, 6) is -0.928. The molecule has 10 heteroatoms. The van der Waals surface area contributed by atoms with E-state index in [1.54, 1.807) is 0 Å². The fourth-order valence-corrected chi connectivity index (χ4v) is 3.55. The minimum absolute atomic E-state index is 0.0406. The van der Waals surface area contributed by atoms with E-state index in [0.717, 1.165) is 4.31 Å². The number of carbonyl (C=O) groups is 1. The third-order valence-electron chi connectivity index (χ3n) is 2.85. The lowest BCUT2D eigenvalue weighted by Crippen LogP contribution is -2.29. The van der Waals surface area contributed by atoms with Gasteiger partial charge in [-0.15, -0.1) is 0 Å². The van der Waals surface area contributed by atoms with E-state index in [2.05, 4.69) is 0 Å². The van der Waals surface area contributed by atoms with Crippen molar-refractivity contribution in [2.45, 2.75) is 11.3 Å². The zero-order chi connectivity index (χ0) is 17.6. The quantitative estimate of drug-likeness (QED) is 0.654. The minimum Gasteiger partial charge on any atom is -0.488 e. The van der Waals surface area contributed by atoms with Crippen LogP contribution >= 0.6 is 23.2 Å². The number of hydrogen-bond acceptors (Lipinski definition) is 5. The number of aliphatic carboxylic acids is 1. The van der Waals surface area contributed by atoms with Crippen molar-refractivity contribution in [2.24, 2.45) is 0 Å². The Balaban J connectivity index is 3.02. The van der Waals surface area contributed by atoms with Crippen LogP contribution in [0, 0.1) is 0 Å². The van der Waals surface area contributed by atoms with Crippen molar-refractivity contribution in [3.8, 4) is 5.75 Å². The number of nitrogens with zero attached hydrogens (tertiary/aromatic N) is 1. The van der Waals surface area contributed by atoms with Gasteiger partial charge in [0.2, 0.25) is 10.0 Å². The highest BCUT2D eigenvalue weighted by molar-refractivity contribution is 7.89. The van der Waals surface area contributed by atoms with Gasteiger partial charge in [0.25, 0.3) is 0 Å². The molecule has 23 heavy (non-hydrogen) atoms. The molecule has 0 heterocycles. The van der Waals surface area contributed by atoms with Gasteiger partial charge < -0.3 is 14.6 Å². The molecule has 1 aromatic rings. The first-order valence-electron chi connectivity index (χ1n) is 6.49. The summed E-state index contributed by atoms with van der Waals surface area (Å²) >= 11 is 12.0. The Morgan fingerprint density at radius 1 is 1.26 bits per heavy atom. The Kier molecular flexibility index (Phi) is 7.56. The summed E-state index contributed by atoms with van der Waals surface area (Å²) in [4.78, 5) is 10.4. The second-order valence-corrected chi connectivity index (χ2v) is 7.39. The molecule has 7 nitrogen and oxygen atoms in total. The zero-order valence-electron chi connectivity index (χ0n) is 12.6. The molecule has 0 fully saturated rings. The summed E-state index contributed by atoms with van der Waals surface area (Å²) < 4.78 is 35.9. The smallest absolute Gasteiger partial charge is 0.304 e. The molecule has 0 saturated carbocycles. The summed E-state index contributed by atoms with van der Waals surface area (Å²) in [6.07, 6.45) is -0.310.